The summed E-state index contributed by atoms with van der Waals surface area (Å²) in [6, 6.07) is 28.6. The second-order valence-corrected chi connectivity index (χ2v) is 14.5. The molecule has 0 aromatic heterocycles. The number of benzene rings is 4. The van der Waals surface area contributed by atoms with Crippen molar-refractivity contribution in [1.82, 2.24) is 15.1 Å². The van der Waals surface area contributed by atoms with Crippen LogP contribution < -0.4 is 19.7 Å². The molecule has 2 fully saturated rings. The Bertz CT molecular complexity index is 2040. The van der Waals surface area contributed by atoms with Gasteiger partial charge < -0.3 is 19.5 Å². The lowest BCUT2D eigenvalue weighted by Gasteiger charge is -2.36. The minimum absolute atomic E-state index is 0.0915. The molecule has 0 spiro atoms. The minimum atomic E-state index is -0.964. The van der Waals surface area contributed by atoms with Gasteiger partial charge >= 0.3 is 0 Å². The fourth-order valence-electron chi connectivity index (χ4n) is 8.26. The van der Waals surface area contributed by atoms with Crippen LogP contribution in [0.1, 0.15) is 81.3 Å². The molecule has 4 aliphatic rings. The van der Waals surface area contributed by atoms with Crippen molar-refractivity contribution in [3.63, 3.8) is 0 Å². The number of ether oxygens (including phenoxy) is 2. The number of hydrogen-bond donors (Lipinski definition) is 2. The number of nitrogens with one attached hydrogen (secondary N) is 1. The molecule has 2 N–H and O–H groups in total. The maximum Gasteiger partial charge on any atom is 0.262 e. The maximum absolute atomic E-state index is 13.3. The van der Waals surface area contributed by atoms with Gasteiger partial charge in [-0.2, -0.15) is 0 Å². The van der Waals surface area contributed by atoms with Crippen LogP contribution in [-0.4, -0.2) is 90.5 Å². The molecule has 2 saturated heterocycles. The van der Waals surface area contributed by atoms with Crippen LogP contribution in [0.15, 0.2) is 91.0 Å². The Morgan fingerprint density at radius 3 is 2.33 bits per heavy atom. The number of aromatic hydroxyl groups is 1. The van der Waals surface area contributed by atoms with Crippen molar-refractivity contribution >= 4 is 29.3 Å². The number of carbonyl (C=O) groups is 4. The molecule has 278 valence electrons. The molecule has 11 heteroatoms. The van der Waals surface area contributed by atoms with Crippen LogP contribution in [0.5, 0.6) is 17.2 Å². The Hall–Kier alpha value is -5.68. The molecule has 0 bridgehead atoms. The molecule has 4 amide bonds. The molecule has 0 saturated carbocycles. The number of anilines is 1. The van der Waals surface area contributed by atoms with Gasteiger partial charge in [-0.25, -0.2) is 0 Å². The first kappa shape index (κ1) is 35.4. The van der Waals surface area contributed by atoms with Crippen LogP contribution in [0.2, 0.25) is 0 Å². The van der Waals surface area contributed by atoms with Gasteiger partial charge in [0.15, 0.2) is 0 Å². The standard InChI is InChI=1S/C43H44N4O7/c48-31-12-16-34-38(26-31)54-27-36(28-7-3-1-4-8-28)40(34)29-9-13-32(14-10-29)53-24-6-2-5-19-45-20-22-46(23-21-45)30-11-15-33-35(25-30)43(52)47(42(33)51)37-17-18-39(49)44-41(37)50/h1,3-4,7-16,25-26,36-37,40,48H,2,5-6,17-24,27H2,(H,44,49,50)/t36-,37?,40?/m1/s1. The molecule has 11 nitrogen and oxygen atoms in total. The summed E-state index contributed by atoms with van der Waals surface area (Å²) in [5.74, 6) is 0.0657. The van der Waals surface area contributed by atoms with E-state index in [9.17, 15) is 24.3 Å². The number of amides is 4. The van der Waals surface area contributed by atoms with E-state index in [1.165, 1.54) is 11.1 Å². The molecule has 4 heterocycles. The Balaban J connectivity index is 0.783. The summed E-state index contributed by atoms with van der Waals surface area (Å²) >= 11 is 0. The van der Waals surface area contributed by atoms with Gasteiger partial charge in [0.1, 0.15) is 23.3 Å². The molecule has 2 unspecified atom stereocenters. The van der Waals surface area contributed by atoms with Crippen molar-refractivity contribution in [2.45, 2.75) is 50.0 Å². The van der Waals surface area contributed by atoms with Crippen LogP contribution in [0.3, 0.4) is 0 Å². The largest absolute Gasteiger partial charge is 0.508 e. The van der Waals surface area contributed by atoms with Crippen LogP contribution in [-0.2, 0) is 9.59 Å². The van der Waals surface area contributed by atoms with E-state index in [1.54, 1.807) is 24.3 Å². The van der Waals surface area contributed by atoms with Crippen molar-refractivity contribution in [2.24, 2.45) is 0 Å². The number of carbonyl (C=O) groups excluding carboxylic acids is 4. The van der Waals surface area contributed by atoms with E-state index in [-0.39, 0.29) is 36.3 Å². The Morgan fingerprint density at radius 2 is 1.56 bits per heavy atom. The molecule has 0 aliphatic carbocycles. The molecule has 8 rings (SSSR count). The van der Waals surface area contributed by atoms with E-state index in [0.717, 1.165) is 79.6 Å². The third kappa shape index (κ3) is 7.15. The van der Waals surface area contributed by atoms with Crippen molar-refractivity contribution < 1.29 is 33.8 Å². The normalized spacial score (nSPS) is 21.4. The second kappa shape index (κ2) is 15.4. The molecule has 4 aromatic rings. The van der Waals surface area contributed by atoms with Crippen molar-refractivity contribution in [3.05, 3.63) is 119 Å². The number of piperidine rings is 1. The highest BCUT2D eigenvalue weighted by Gasteiger charge is 2.45. The Labute approximate surface area is 314 Å². The van der Waals surface area contributed by atoms with Crippen LogP contribution in [0, 0.1) is 0 Å². The van der Waals surface area contributed by atoms with Crippen molar-refractivity contribution in [1.29, 1.82) is 0 Å². The number of fused-ring (bicyclic) bond motifs is 2. The minimum Gasteiger partial charge on any atom is -0.508 e. The first-order valence-electron chi connectivity index (χ1n) is 18.9. The predicted octanol–water partition coefficient (Wildman–Crippen LogP) is 5.47. The van der Waals surface area contributed by atoms with Crippen molar-refractivity contribution in [2.75, 3.05) is 50.8 Å². The average Bonchev–Trinajstić information content (AvgIpc) is 3.44. The zero-order valence-electron chi connectivity index (χ0n) is 30.1. The van der Waals surface area contributed by atoms with E-state index in [2.05, 4.69) is 63.6 Å². The van der Waals surface area contributed by atoms with Gasteiger partial charge in [-0.15, -0.1) is 0 Å². The van der Waals surface area contributed by atoms with Gasteiger partial charge in [0, 0.05) is 61.8 Å². The third-order valence-corrected chi connectivity index (χ3v) is 11.2. The fourth-order valence-corrected chi connectivity index (χ4v) is 8.26. The van der Waals surface area contributed by atoms with Gasteiger partial charge in [0.05, 0.1) is 24.3 Å². The topological polar surface area (TPSA) is 129 Å². The molecule has 4 aliphatic heterocycles. The van der Waals surface area contributed by atoms with Gasteiger partial charge in [-0.1, -0.05) is 48.5 Å². The molecular formula is C43H44N4O7. The van der Waals surface area contributed by atoms with Crippen LogP contribution >= 0.6 is 0 Å². The summed E-state index contributed by atoms with van der Waals surface area (Å²) in [5, 5.41) is 12.3. The predicted molar refractivity (Wildman–Crippen MR) is 202 cm³/mol. The molecule has 0 radical (unpaired) electrons. The number of imide groups is 2. The average molecular weight is 729 g/mol. The lowest BCUT2D eigenvalue weighted by Crippen LogP contribution is -2.54. The third-order valence-electron chi connectivity index (χ3n) is 11.2. The molecule has 54 heavy (non-hydrogen) atoms. The fraction of sp³-hybridized carbons (Fsp3) is 0.349. The summed E-state index contributed by atoms with van der Waals surface area (Å²) in [7, 11) is 0. The lowest BCUT2D eigenvalue weighted by molar-refractivity contribution is -0.136. The van der Waals surface area contributed by atoms with Crippen LogP contribution in [0.4, 0.5) is 5.69 Å². The highest BCUT2D eigenvalue weighted by atomic mass is 16.5. The van der Waals surface area contributed by atoms with Gasteiger partial charge in [0.2, 0.25) is 11.8 Å². The number of nitrogens with zero attached hydrogens (tertiary/aromatic N) is 3. The van der Waals surface area contributed by atoms with Gasteiger partial charge in [-0.05, 0) is 79.8 Å². The number of phenols is 1. The van der Waals surface area contributed by atoms with E-state index in [4.69, 9.17) is 9.47 Å². The summed E-state index contributed by atoms with van der Waals surface area (Å²) < 4.78 is 12.2. The van der Waals surface area contributed by atoms with E-state index in [1.807, 2.05) is 18.2 Å². The number of unbranched alkanes of at least 4 members (excludes halogenated alkanes) is 2. The lowest BCUT2D eigenvalue weighted by atomic mass is 9.76. The van der Waals surface area contributed by atoms with E-state index >= 15 is 0 Å². The van der Waals surface area contributed by atoms with Gasteiger partial charge in [-0.3, -0.25) is 34.3 Å². The Kier molecular flexibility index (Phi) is 10.1. The number of piperazine rings is 1. The summed E-state index contributed by atoms with van der Waals surface area (Å²) in [4.78, 5) is 56.0. The number of phenolic OH excluding ortho intramolecular Hbond substituents is 1. The monoisotopic (exact) mass is 728 g/mol. The summed E-state index contributed by atoms with van der Waals surface area (Å²) in [6.07, 6.45) is 3.34. The summed E-state index contributed by atoms with van der Waals surface area (Å²) in [5.41, 5.74) is 4.97. The first-order chi connectivity index (χ1) is 26.3. The van der Waals surface area contributed by atoms with E-state index in [0.29, 0.717) is 24.3 Å². The summed E-state index contributed by atoms with van der Waals surface area (Å²) in [6.45, 7) is 5.62. The zero-order valence-corrected chi connectivity index (χ0v) is 30.1. The SMILES string of the molecule is O=C1CCC(N2C(=O)c3ccc(N4CCN(CCCCCOc5ccc(C6c7ccc(O)cc7OC[C@@H]6c6ccccc6)cc5)CC4)cc3C2=O)C(=O)N1. The smallest absolute Gasteiger partial charge is 0.262 e. The zero-order chi connectivity index (χ0) is 37.2. The van der Waals surface area contributed by atoms with Crippen molar-refractivity contribution in [3.8, 4) is 17.2 Å². The van der Waals surface area contributed by atoms with Crippen LogP contribution in [0.25, 0.3) is 0 Å². The molecule has 4 aromatic carbocycles. The molecule has 3 atom stereocenters. The number of hydrogen-bond acceptors (Lipinski definition) is 9. The highest BCUT2D eigenvalue weighted by molar-refractivity contribution is 6.23. The second-order valence-electron chi connectivity index (χ2n) is 14.5. The Morgan fingerprint density at radius 1 is 0.778 bits per heavy atom. The first-order valence-corrected chi connectivity index (χ1v) is 18.9. The quantitative estimate of drug-likeness (QED) is 0.153. The van der Waals surface area contributed by atoms with E-state index < -0.39 is 23.8 Å². The number of rotatable bonds is 11. The molecular weight excluding hydrogens is 684 g/mol. The highest BCUT2D eigenvalue weighted by Crippen LogP contribution is 2.47. The maximum atomic E-state index is 13.3. The van der Waals surface area contributed by atoms with Gasteiger partial charge in [0.25, 0.3) is 11.8 Å².